The van der Waals surface area contributed by atoms with Crippen LogP contribution in [0, 0.1) is 41.5 Å². The van der Waals surface area contributed by atoms with Gasteiger partial charge in [-0.1, -0.05) is 29.3 Å². The van der Waals surface area contributed by atoms with Crippen LogP contribution in [-0.2, 0) is 0 Å². The molecule has 0 atom stereocenters. The van der Waals surface area contributed by atoms with E-state index in [9.17, 15) is 26.3 Å². The third-order valence-electron chi connectivity index (χ3n) is 14.5. The average molecular weight is 1240 g/mol. The summed E-state index contributed by atoms with van der Waals surface area (Å²) >= 11 is 9.23. The van der Waals surface area contributed by atoms with E-state index in [0.717, 1.165) is 45.3 Å². The minimum atomic E-state index is -2.51. The molecule has 0 spiro atoms. The Morgan fingerprint density at radius 3 is 1.31 bits per heavy atom. The predicted octanol–water partition coefficient (Wildman–Crippen LogP) is 18.1. The number of nitrogens with zero attached hydrogens (tertiary/aromatic N) is 5. The molecule has 0 bridgehead atoms. The molecule has 4 N–H and O–H groups in total. The first kappa shape index (κ1) is 66.8. The molecule has 432 valence electrons. The molecule has 0 amide bonds. The van der Waals surface area contributed by atoms with E-state index in [2.05, 4.69) is 76.5 Å². The number of pyridine rings is 5. The minimum absolute atomic E-state index is 0.0182. The SMILES string of the molecule is CCC[CH2][Sn]([CH2]CCC)([CH2]CCC)[c]1cccc(C)n1.Cc1cc(C)nc(Cl)c1.Cc1cc(Cl)nc(NC2CCC(F)(F)CC2)c1.Cc1cc(NC2CCC(F)(F)CC2)nc(-c2cccc(C)n2)c1.NC1CCC(F)(F)CC1. The number of nitrogens with one attached hydrogen (secondary N) is 2. The molecule has 3 aliphatic carbocycles. The van der Waals surface area contributed by atoms with Gasteiger partial charge >= 0.3 is 130 Å². The van der Waals surface area contributed by atoms with Crippen LogP contribution in [-0.4, -0.2) is 79.2 Å². The van der Waals surface area contributed by atoms with Gasteiger partial charge in [0.05, 0.1) is 11.4 Å². The van der Waals surface area contributed by atoms with Crippen molar-refractivity contribution in [2.45, 2.75) is 227 Å². The third kappa shape index (κ3) is 25.0. The smallest absolute Gasteiger partial charge is 0.248 e. The number of anilines is 2. The molecule has 8 nitrogen and oxygen atoms in total. The molecular formula is C61H88Cl2F6N8Sn. The van der Waals surface area contributed by atoms with E-state index in [1.54, 1.807) is 9.78 Å². The predicted molar refractivity (Wildman–Crippen MR) is 316 cm³/mol. The van der Waals surface area contributed by atoms with Crippen LogP contribution in [0.25, 0.3) is 11.4 Å². The molecule has 5 aromatic heterocycles. The Kier molecular flexibility index (Phi) is 27.9. The summed E-state index contributed by atoms with van der Waals surface area (Å²) < 4.78 is 83.2. The molecule has 5 aromatic rings. The van der Waals surface area contributed by atoms with Crippen LogP contribution < -0.4 is 20.1 Å². The fourth-order valence-corrected chi connectivity index (χ4v) is 26.2. The van der Waals surface area contributed by atoms with Gasteiger partial charge in [-0.3, -0.25) is 4.98 Å². The van der Waals surface area contributed by atoms with Gasteiger partial charge in [-0.25, -0.2) is 41.3 Å². The second kappa shape index (κ2) is 32.6. The molecule has 3 saturated carbocycles. The van der Waals surface area contributed by atoms with Crippen molar-refractivity contribution >= 4 is 56.9 Å². The zero-order valence-corrected chi connectivity index (χ0v) is 52.2. The maximum absolute atomic E-state index is 13.3. The van der Waals surface area contributed by atoms with E-state index in [1.807, 2.05) is 83.1 Å². The molecule has 0 saturated heterocycles. The van der Waals surface area contributed by atoms with Crippen LogP contribution >= 0.6 is 23.2 Å². The van der Waals surface area contributed by atoms with E-state index in [4.69, 9.17) is 33.9 Å². The van der Waals surface area contributed by atoms with Gasteiger partial charge in [-0.15, -0.1) is 0 Å². The molecule has 5 heterocycles. The summed E-state index contributed by atoms with van der Waals surface area (Å²) in [5.41, 5.74) is 13.4. The van der Waals surface area contributed by atoms with Crippen molar-refractivity contribution in [2.75, 3.05) is 10.6 Å². The van der Waals surface area contributed by atoms with E-state index in [-0.39, 0.29) is 56.7 Å². The van der Waals surface area contributed by atoms with Crippen molar-refractivity contribution in [1.82, 2.24) is 24.9 Å². The molecule has 0 unspecified atom stereocenters. The number of halogens is 8. The summed E-state index contributed by atoms with van der Waals surface area (Å²) in [5.74, 6) is -6.01. The summed E-state index contributed by atoms with van der Waals surface area (Å²) in [6.07, 6.45) is 10.9. The van der Waals surface area contributed by atoms with Crippen LogP contribution in [0.5, 0.6) is 0 Å². The number of rotatable bonds is 15. The summed E-state index contributed by atoms with van der Waals surface area (Å²) in [4.78, 5) is 22.2. The first-order chi connectivity index (χ1) is 36.8. The van der Waals surface area contributed by atoms with Crippen molar-refractivity contribution in [3.8, 4) is 11.4 Å². The Labute approximate surface area is 477 Å². The van der Waals surface area contributed by atoms with Gasteiger partial charge in [0.25, 0.3) is 0 Å². The topological polar surface area (TPSA) is 115 Å². The van der Waals surface area contributed by atoms with Crippen LogP contribution in [0.2, 0.25) is 23.6 Å². The summed E-state index contributed by atoms with van der Waals surface area (Å²) in [7, 11) is 0. The largest absolute Gasteiger partial charge is 0.367 e. The standard InChI is InChI=1S/C18H21F2N3.C12H15ClF2N2.C7H8ClN.C6H11F2N.C6H6N.3C4H9.Sn/c1-12-10-16(15-5-3-4-13(2)21-15)23-17(11-12)22-14-6-8-18(19,20)9-7-14;1-8-6-10(13)17-11(7-8)16-9-2-4-12(14,15)5-3-9;1-5-3-6(2)9-7(8)4-5;7-6(8)3-1-5(9)2-4-6;1-6-4-2-3-5-7-6;3*1-3-4-2;/h3-5,10-11,14H,6-9H2,1-2H3,(H,22,23);6-7,9H,2-5H2,1H3,(H,16,17);3-4H,1-2H3;5H,1-4,9H2;2-4H,1H3;3*1,3-4H2,2H3;. The molecule has 0 aliphatic heterocycles. The van der Waals surface area contributed by atoms with Gasteiger partial charge in [-0.05, 0) is 138 Å². The van der Waals surface area contributed by atoms with Gasteiger partial charge in [-0.2, -0.15) is 0 Å². The number of aryl methyl sites for hydroxylation is 6. The van der Waals surface area contributed by atoms with Crippen molar-refractivity contribution in [3.05, 3.63) is 117 Å². The van der Waals surface area contributed by atoms with Crippen molar-refractivity contribution in [3.63, 3.8) is 0 Å². The number of alkyl halides is 6. The number of unbranched alkanes of at least 4 members (excludes halogenated alkanes) is 3. The van der Waals surface area contributed by atoms with E-state index in [0.29, 0.717) is 54.6 Å². The second-order valence-electron chi connectivity index (χ2n) is 22.0. The van der Waals surface area contributed by atoms with Gasteiger partial charge in [0.1, 0.15) is 21.9 Å². The number of hydrogen-bond acceptors (Lipinski definition) is 8. The maximum Gasteiger partial charge on any atom is 0.248 e. The second-order valence-corrected chi connectivity index (χ2v) is 35.9. The summed E-state index contributed by atoms with van der Waals surface area (Å²) in [6, 6.07) is 24.1. The van der Waals surface area contributed by atoms with Gasteiger partial charge < -0.3 is 16.4 Å². The van der Waals surface area contributed by atoms with Gasteiger partial charge in [0.2, 0.25) is 17.8 Å². The molecule has 8 rings (SSSR count). The van der Waals surface area contributed by atoms with E-state index < -0.39 is 36.1 Å². The zero-order valence-electron chi connectivity index (χ0n) is 47.8. The Hall–Kier alpha value is -3.73. The molecule has 0 radical (unpaired) electrons. The third-order valence-corrected chi connectivity index (χ3v) is 30.0. The Bertz CT molecular complexity index is 2450. The van der Waals surface area contributed by atoms with E-state index in [1.165, 1.54) is 57.5 Å². The summed E-state index contributed by atoms with van der Waals surface area (Å²) in [5, 5.41) is 7.48. The Morgan fingerprint density at radius 1 is 0.487 bits per heavy atom. The van der Waals surface area contributed by atoms with Crippen molar-refractivity contribution < 1.29 is 26.3 Å². The van der Waals surface area contributed by atoms with Crippen molar-refractivity contribution in [1.29, 1.82) is 0 Å². The Morgan fingerprint density at radius 2 is 0.897 bits per heavy atom. The minimum Gasteiger partial charge on any atom is -0.367 e. The number of aromatic nitrogens is 5. The van der Waals surface area contributed by atoms with Gasteiger partial charge in [0, 0.05) is 68.0 Å². The Balaban J connectivity index is 0.000000220. The monoisotopic (exact) mass is 1240 g/mol. The van der Waals surface area contributed by atoms with Crippen LogP contribution in [0.4, 0.5) is 38.0 Å². The zero-order chi connectivity index (χ0) is 57.5. The van der Waals surface area contributed by atoms with Crippen LogP contribution in [0.3, 0.4) is 0 Å². The fourth-order valence-electron chi connectivity index (χ4n) is 10.0. The molecule has 17 heteroatoms. The number of nitrogens with two attached hydrogens (primary N) is 1. The molecular weight excluding hydrogens is 1150 g/mol. The van der Waals surface area contributed by atoms with Crippen molar-refractivity contribution in [2.24, 2.45) is 5.73 Å². The molecule has 78 heavy (non-hydrogen) atoms. The van der Waals surface area contributed by atoms with Gasteiger partial charge in [0.15, 0.2) is 0 Å². The first-order valence-electron chi connectivity index (χ1n) is 28.4. The molecule has 3 fully saturated rings. The normalized spacial score (nSPS) is 17.1. The molecule has 0 aromatic carbocycles. The quantitative estimate of drug-likeness (QED) is 0.0540. The molecule has 3 aliphatic rings. The number of hydrogen-bond donors (Lipinski definition) is 3. The van der Waals surface area contributed by atoms with Crippen LogP contribution in [0.15, 0.2) is 72.8 Å². The van der Waals surface area contributed by atoms with Crippen LogP contribution in [0.1, 0.15) is 170 Å². The average Bonchev–Trinajstić information content (AvgIpc) is 3.36. The maximum atomic E-state index is 13.3. The first-order valence-corrected chi connectivity index (χ1v) is 36.6. The fraction of sp³-hybridized carbons (Fsp3) is 0.590. The van der Waals surface area contributed by atoms with E-state index >= 15 is 0 Å². The summed E-state index contributed by atoms with van der Waals surface area (Å²) in [6.45, 7) is 19.0.